The lowest BCUT2D eigenvalue weighted by Gasteiger charge is -2.12. The van der Waals surface area contributed by atoms with Crippen molar-refractivity contribution in [2.24, 2.45) is 0 Å². The summed E-state index contributed by atoms with van der Waals surface area (Å²) in [6.07, 6.45) is 0.619. The van der Waals surface area contributed by atoms with Crippen LogP contribution in [-0.2, 0) is 16.4 Å². The van der Waals surface area contributed by atoms with Gasteiger partial charge in [0.2, 0.25) is 10.0 Å². The van der Waals surface area contributed by atoms with Gasteiger partial charge in [-0.3, -0.25) is 0 Å². The summed E-state index contributed by atoms with van der Waals surface area (Å²) in [5, 5.41) is 0.348. The molecule has 0 amide bonds. The number of rotatable bonds is 6. The van der Waals surface area contributed by atoms with Crippen molar-refractivity contribution in [2.75, 3.05) is 13.7 Å². The molecule has 0 radical (unpaired) electrons. The Balaban J connectivity index is 2.12. The maximum Gasteiger partial charge on any atom is 0.244 e. The Morgan fingerprint density at radius 1 is 1.13 bits per heavy atom. The largest absolute Gasteiger partial charge is 0.495 e. The van der Waals surface area contributed by atoms with Gasteiger partial charge < -0.3 is 4.74 Å². The molecule has 0 aliphatic carbocycles. The van der Waals surface area contributed by atoms with Crippen molar-refractivity contribution in [3.63, 3.8) is 0 Å². The monoisotopic (exact) mass is 353 g/mol. The standard InChI is InChI=1S/C17H20ClNO3S/c1-12-4-5-14(13(2)10-12)8-9-19-23(20,21)17-11-15(18)6-7-16(17)22-3/h4-7,10-11,19H,8-9H2,1-3H3. The fourth-order valence-corrected chi connectivity index (χ4v) is 3.85. The molecular weight excluding hydrogens is 334 g/mol. The SMILES string of the molecule is COc1ccc(Cl)cc1S(=O)(=O)NCCc1ccc(C)cc1C. The van der Waals surface area contributed by atoms with Gasteiger partial charge in [-0.25, -0.2) is 13.1 Å². The van der Waals surface area contributed by atoms with Gasteiger partial charge in [0.15, 0.2) is 0 Å². The number of sulfonamides is 1. The Morgan fingerprint density at radius 2 is 1.87 bits per heavy atom. The molecule has 0 aliphatic heterocycles. The van der Waals surface area contributed by atoms with Crippen LogP contribution in [0, 0.1) is 13.8 Å². The van der Waals surface area contributed by atoms with Crippen molar-refractivity contribution < 1.29 is 13.2 Å². The van der Waals surface area contributed by atoms with Crippen LogP contribution in [0.1, 0.15) is 16.7 Å². The summed E-state index contributed by atoms with van der Waals surface area (Å²) in [7, 11) is -2.25. The predicted octanol–water partition coefficient (Wildman–Crippen LogP) is 3.49. The fourth-order valence-electron chi connectivity index (χ4n) is 2.38. The van der Waals surface area contributed by atoms with E-state index in [1.54, 1.807) is 12.1 Å². The molecule has 6 heteroatoms. The van der Waals surface area contributed by atoms with Crippen molar-refractivity contribution in [3.8, 4) is 5.75 Å². The number of halogens is 1. The molecule has 124 valence electrons. The zero-order valence-electron chi connectivity index (χ0n) is 13.4. The lowest BCUT2D eigenvalue weighted by atomic mass is 10.0. The van der Waals surface area contributed by atoms with E-state index in [0.29, 0.717) is 18.0 Å². The van der Waals surface area contributed by atoms with E-state index in [1.165, 1.54) is 18.7 Å². The summed E-state index contributed by atoms with van der Waals surface area (Å²) in [5.74, 6) is 0.272. The lowest BCUT2D eigenvalue weighted by Crippen LogP contribution is -2.26. The Morgan fingerprint density at radius 3 is 2.52 bits per heavy atom. The predicted molar refractivity (Wildman–Crippen MR) is 92.8 cm³/mol. The number of hydrogen-bond acceptors (Lipinski definition) is 3. The van der Waals surface area contributed by atoms with Gasteiger partial charge in [0.05, 0.1) is 7.11 Å². The molecule has 0 heterocycles. The molecule has 0 saturated carbocycles. The number of nitrogens with one attached hydrogen (secondary N) is 1. The zero-order valence-corrected chi connectivity index (χ0v) is 15.0. The Labute approximate surface area is 142 Å². The number of methoxy groups -OCH3 is 1. The first-order valence-electron chi connectivity index (χ1n) is 7.23. The highest BCUT2D eigenvalue weighted by atomic mass is 35.5. The van der Waals surface area contributed by atoms with E-state index in [4.69, 9.17) is 16.3 Å². The van der Waals surface area contributed by atoms with Gasteiger partial charge in [-0.05, 0) is 49.6 Å². The zero-order chi connectivity index (χ0) is 17.0. The molecule has 2 aromatic carbocycles. The van der Waals surface area contributed by atoms with Crippen LogP contribution in [-0.4, -0.2) is 22.1 Å². The molecule has 2 rings (SSSR count). The molecule has 0 aliphatic rings. The third-order valence-electron chi connectivity index (χ3n) is 3.60. The maximum absolute atomic E-state index is 12.4. The average molecular weight is 354 g/mol. The summed E-state index contributed by atoms with van der Waals surface area (Å²) in [6, 6.07) is 10.7. The average Bonchev–Trinajstić information content (AvgIpc) is 2.49. The highest BCUT2D eigenvalue weighted by molar-refractivity contribution is 7.89. The van der Waals surface area contributed by atoms with Crippen molar-refractivity contribution in [3.05, 3.63) is 58.1 Å². The van der Waals surface area contributed by atoms with Gasteiger partial charge in [-0.1, -0.05) is 35.4 Å². The van der Waals surface area contributed by atoms with Crippen LogP contribution in [0.25, 0.3) is 0 Å². The molecular formula is C17H20ClNO3S. The Hall–Kier alpha value is -1.56. The van der Waals surface area contributed by atoms with Crippen LogP contribution < -0.4 is 9.46 Å². The van der Waals surface area contributed by atoms with Crippen LogP contribution in [0.3, 0.4) is 0 Å². The minimum absolute atomic E-state index is 0.0492. The van der Waals surface area contributed by atoms with Gasteiger partial charge in [-0.15, -0.1) is 0 Å². The molecule has 0 aromatic heterocycles. The number of ether oxygens (including phenoxy) is 1. The topological polar surface area (TPSA) is 55.4 Å². The summed E-state index contributed by atoms with van der Waals surface area (Å²) >= 11 is 5.90. The fraction of sp³-hybridized carbons (Fsp3) is 0.294. The minimum Gasteiger partial charge on any atom is -0.495 e. The van der Waals surface area contributed by atoms with E-state index in [9.17, 15) is 8.42 Å². The van der Waals surface area contributed by atoms with E-state index >= 15 is 0 Å². The first kappa shape index (κ1) is 17.8. The van der Waals surface area contributed by atoms with Crippen molar-refractivity contribution in [2.45, 2.75) is 25.2 Å². The molecule has 0 spiro atoms. The maximum atomic E-state index is 12.4. The highest BCUT2D eigenvalue weighted by Crippen LogP contribution is 2.26. The van der Waals surface area contributed by atoms with Gasteiger partial charge in [0.1, 0.15) is 10.6 Å². The smallest absolute Gasteiger partial charge is 0.244 e. The van der Waals surface area contributed by atoms with E-state index < -0.39 is 10.0 Å². The second-order valence-electron chi connectivity index (χ2n) is 5.37. The molecule has 0 fully saturated rings. The van der Waals surface area contributed by atoms with E-state index in [1.807, 2.05) is 26.0 Å². The summed E-state index contributed by atoms with van der Waals surface area (Å²) in [6.45, 7) is 4.36. The van der Waals surface area contributed by atoms with Crippen LogP contribution >= 0.6 is 11.6 Å². The summed E-state index contributed by atoms with van der Waals surface area (Å²) < 4.78 is 32.6. The summed E-state index contributed by atoms with van der Waals surface area (Å²) in [4.78, 5) is 0.0492. The second kappa shape index (κ2) is 7.34. The van der Waals surface area contributed by atoms with E-state index in [-0.39, 0.29) is 10.6 Å². The van der Waals surface area contributed by atoms with Gasteiger partial charge in [0.25, 0.3) is 0 Å². The molecule has 1 N–H and O–H groups in total. The van der Waals surface area contributed by atoms with E-state index in [2.05, 4.69) is 10.8 Å². The van der Waals surface area contributed by atoms with Crippen molar-refractivity contribution >= 4 is 21.6 Å². The first-order valence-corrected chi connectivity index (χ1v) is 9.09. The van der Waals surface area contributed by atoms with Crippen molar-refractivity contribution in [1.82, 2.24) is 4.72 Å². The van der Waals surface area contributed by atoms with Crippen LogP contribution in [0.4, 0.5) is 0 Å². The van der Waals surface area contributed by atoms with Crippen molar-refractivity contribution in [1.29, 1.82) is 0 Å². The van der Waals surface area contributed by atoms with Gasteiger partial charge in [0, 0.05) is 11.6 Å². The number of hydrogen-bond donors (Lipinski definition) is 1. The second-order valence-corrected chi connectivity index (χ2v) is 7.54. The summed E-state index contributed by atoms with van der Waals surface area (Å²) in [5.41, 5.74) is 3.47. The molecule has 0 unspecified atom stereocenters. The van der Waals surface area contributed by atoms with Gasteiger partial charge >= 0.3 is 0 Å². The molecule has 0 atom stereocenters. The lowest BCUT2D eigenvalue weighted by molar-refractivity contribution is 0.402. The van der Waals surface area contributed by atoms with Crippen LogP contribution in [0.15, 0.2) is 41.3 Å². The molecule has 23 heavy (non-hydrogen) atoms. The number of benzene rings is 2. The van der Waals surface area contributed by atoms with Gasteiger partial charge in [-0.2, -0.15) is 0 Å². The normalized spacial score (nSPS) is 11.5. The Kier molecular flexibility index (Phi) is 5.68. The van der Waals surface area contributed by atoms with Crippen LogP contribution in [0.2, 0.25) is 5.02 Å². The number of aryl methyl sites for hydroxylation is 2. The molecule has 4 nitrogen and oxygen atoms in total. The minimum atomic E-state index is -3.68. The molecule has 2 aromatic rings. The third-order valence-corrected chi connectivity index (χ3v) is 5.32. The first-order chi connectivity index (χ1) is 10.8. The molecule has 0 bridgehead atoms. The highest BCUT2D eigenvalue weighted by Gasteiger charge is 2.19. The third kappa shape index (κ3) is 4.47. The van der Waals surface area contributed by atoms with E-state index in [0.717, 1.165) is 11.1 Å². The molecule has 0 saturated heterocycles. The quantitative estimate of drug-likeness (QED) is 0.864. The van der Waals surface area contributed by atoms with Crippen LogP contribution in [0.5, 0.6) is 5.75 Å². The Bertz CT molecular complexity index is 803.